The number of nitrogens with two attached hydrogens (primary N) is 1. The van der Waals surface area contributed by atoms with Crippen molar-refractivity contribution in [1.29, 1.82) is 0 Å². The van der Waals surface area contributed by atoms with Crippen LogP contribution < -0.4 is 5.73 Å². The van der Waals surface area contributed by atoms with Crippen molar-refractivity contribution >= 4 is 0 Å². The van der Waals surface area contributed by atoms with Gasteiger partial charge >= 0.3 is 0 Å². The highest BCUT2D eigenvalue weighted by molar-refractivity contribution is 4.96. The molecule has 1 saturated heterocycles. The molecular formula is C12H24N2O. The lowest BCUT2D eigenvalue weighted by Crippen LogP contribution is -2.35. The van der Waals surface area contributed by atoms with Crippen LogP contribution in [0.5, 0.6) is 0 Å². The smallest absolute Gasteiger partial charge is 0.0673 e. The molecule has 15 heavy (non-hydrogen) atoms. The van der Waals surface area contributed by atoms with Crippen molar-refractivity contribution in [3.8, 4) is 0 Å². The van der Waals surface area contributed by atoms with Gasteiger partial charge in [0.05, 0.1) is 6.10 Å². The molecule has 0 aromatic carbocycles. The van der Waals surface area contributed by atoms with Crippen LogP contribution in [0, 0.1) is 5.41 Å². The molecule has 1 atom stereocenters. The third kappa shape index (κ3) is 3.16. The molecule has 0 aromatic rings. The summed E-state index contributed by atoms with van der Waals surface area (Å²) in [7, 11) is 0. The van der Waals surface area contributed by atoms with Gasteiger partial charge in [-0.1, -0.05) is 0 Å². The summed E-state index contributed by atoms with van der Waals surface area (Å²) in [5, 5.41) is 0. The van der Waals surface area contributed by atoms with Gasteiger partial charge in [0.15, 0.2) is 0 Å². The van der Waals surface area contributed by atoms with Gasteiger partial charge in [-0.3, -0.25) is 0 Å². The second-order valence-electron chi connectivity index (χ2n) is 5.31. The maximum Gasteiger partial charge on any atom is 0.0673 e. The maximum absolute atomic E-state index is 5.67. The minimum Gasteiger partial charge on any atom is -0.377 e. The highest BCUT2D eigenvalue weighted by Gasteiger charge is 2.42. The largest absolute Gasteiger partial charge is 0.377 e. The van der Waals surface area contributed by atoms with E-state index in [1.807, 2.05) is 0 Å². The summed E-state index contributed by atoms with van der Waals surface area (Å²) >= 11 is 0. The fourth-order valence-electron chi connectivity index (χ4n) is 2.67. The first-order valence-electron chi connectivity index (χ1n) is 6.28. The molecule has 0 aromatic heterocycles. The molecule has 2 fully saturated rings. The lowest BCUT2D eigenvalue weighted by atomic mass is 10.0. The molecule has 0 bridgehead atoms. The van der Waals surface area contributed by atoms with E-state index < -0.39 is 0 Å². The Hall–Kier alpha value is -0.120. The molecule has 0 spiro atoms. The first-order chi connectivity index (χ1) is 7.24. The van der Waals surface area contributed by atoms with Crippen LogP contribution >= 0.6 is 0 Å². The SMILES string of the molecule is CC1CN(CC2(CCN)CC2)CCCO1. The molecule has 1 aliphatic heterocycles. The van der Waals surface area contributed by atoms with Gasteiger partial charge in [-0.25, -0.2) is 0 Å². The first kappa shape index (κ1) is 11.4. The molecule has 1 unspecified atom stereocenters. The predicted molar refractivity (Wildman–Crippen MR) is 61.8 cm³/mol. The maximum atomic E-state index is 5.67. The van der Waals surface area contributed by atoms with Crippen molar-refractivity contribution < 1.29 is 4.74 Å². The van der Waals surface area contributed by atoms with Crippen LogP contribution in [0.25, 0.3) is 0 Å². The van der Waals surface area contributed by atoms with E-state index >= 15 is 0 Å². The molecule has 2 aliphatic rings. The van der Waals surface area contributed by atoms with E-state index in [1.54, 1.807) is 0 Å². The van der Waals surface area contributed by atoms with Crippen LogP contribution in [0.1, 0.15) is 32.6 Å². The van der Waals surface area contributed by atoms with Crippen LogP contribution in [-0.2, 0) is 4.74 Å². The van der Waals surface area contributed by atoms with E-state index in [0.717, 1.165) is 19.7 Å². The van der Waals surface area contributed by atoms with E-state index in [4.69, 9.17) is 10.5 Å². The van der Waals surface area contributed by atoms with Gasteiger partial charge in [0, 0.05) is 26.2 Å². The molecule has 88 valence electrons. The second-order valence-corrected chi connectivity index (χ2v) is 5.31. The Morgan fingerprint density at radius 1 is 1.47 bits per heavy atom. The summed E-state index contributed by atoms with van der Waals surface area (Å²) in [5.74, 6) is 0. The zero-order valence-electron chi connectivity index (χ0n) is 9.87. The van der Waals surface area contributed by atoms with Crippen molar-refractivity contribution in [2.24, 2.45) is 11.1 Å². The van der Waals surface area contributed by atoms with Crippen molar-refractivity contribution in [3.05, 3.63) is 0 Å². The van der Waals surface area contributed by atoms with E-state index in [9.17, 15) is 0 Å². The lowest BCUT2D eigenvalue weighted by molar-refractivity contribution is 0.0645. The second kappa shape index (κ2) is 4.81. The summed E-state index contributed by atoms with van der Waals surface area (Å²) in [6.07, 6.45) is 5.56. The Kier molecular flexibility index (Phi) is 3.65. The van der Waals surface area contributed by atoms with Gasteiger partial charge in [-0.2, -0.15) is 0 Å². The summed E-state index contributed by atoms with van der Waals surface area (Å²) in [5.41, 5.74) is 6.26. The first-order valence-corrected chi connectivity index (χ1v) is 6.28. The lowest BCUT2D eigenvalue weighted by Gasteiger charge is -2.26. The molecule has 0 radical (unpaired) electrons. The third-order valence-corrected chi connectivity index (χ3v) is 3.73. The monoisotopic (exact) mass is 212 g/mol. The van der Waals surface area contributed by atoms with Crippen molar-refractivity contribution in [3.63, 3.8) is 0 Å². The fraction of sp³-hybridized carbons (Fsp3) is 1.00. The number of rotatable bonds is 4. The molecule has 3 heteroatoms. The normalized spacial score (nSPS) is 31.2. The molecule has 1 heterocycles. The number of hydrogen-bond donors (Lipinski definition) is 1. The van der Waals surface area contributed by atoms with Crippen molar-refractivity contribution in [1.82, 2.24) is 4.90 Å². The molecule has 1 saturated carbocycles. The minimum absolute atomic E-state index is 0.404. The van der Waals surface area contributed by atoms with E-state index in [-0.39, 0.29) is 0 Å². The Morgan fingerprint density at radius 3 is 2.93 bits per heavy atom. The van der Waals surface area contributed by atoms with Gasteiger partial charge in [-0.05, 0) is 44.6 Å². The Balaban J connectivity index is 1.82. The Labute approximate surface area is 93.0 Å². The van der Waals surface area contributed by atoms with E-state index in [1.165, 1.54) is 38.8 Å². The summed E-state index contributed by atoms with van der Waals surface area (Å²) in [6, 6.07) is 0. The quantitative estimate of drug-likeness (QED) is 0.761. The number of nitrogens with zero attached hydrogens (tertiary/aromatic N) is 1. The van der Waals surface area contributed by atoms with Gasteiger partial charge in [0.2, 0.25) is 0 Å². The minimum atomic E-state index is 0.404. The van der Waals surface area contributed by atoms with Gasteiger partial charge < -0.3 is 15.4 Å². The predicted octanol–water partition coefficient (Wildman–Crippen LogP) is 1.23. The van der Waals surface area contributed by atoms with Gasteiger partial charge in [0.1, 0.15) is 0 Å². The van der Waals surface area contributed by atoms with Crippen LogP contribution in [-0.4, -0.2) is 43.8 Å². The Bertz CT molecular complexity index is 204. The van der Waals surface area contributed by atoms with Crippen LogP contribution in [0.2, 0.25) is 0 Å². The molecule has 0 amide bonds. The highest BCUT2D eigenvalue weighted by atomic mass is 16.5. The molecular weight excluding hydrogens is 188 g/mol. The van der Waals surface area contributed by atoms with E-state index in [2.05, 4.69) is 11.8 Å². The summed E-state index contributed by atoms with van der Waals surface area (Å²) in [4.78, 5) is 2.58. The van der Waals surface area contributed by atoms with Crippen molar-refractivity contribution in [2.45, 2.75) is 38.7 Å². The van der Waals surface area contributed by atoms with Crippen LogP contribution in [0.3, 0.4) is 0 Å². The van der Waals surface area contributed by atoms with Crippen LogP contribution in [0.4, 0.5) is 0 Å². The number of ether oxygens (including phenoxy) is 1. The fourth-order valence-corrected chi connectivity index (χ4v) is 2.67. The zero-order chi connectivity index (χ0) is 10.7. The summed E-state index contributed by atoms with van der Waals surface area (Å²) < 4.78 is 5.66. The van der Waals surface area contributed by atoms with E-state index in [0.29, 0.717) is 11.5 Å². The average Bonchev–Trinajstić information content (AvgIpc) is 2.94. The zero-order valence-corrected chi connectivity index (χ0v) is 9.87. The molecule has 3 nitrogen and oxygen atoms in total. The van der Waals surface area contributed by atoms with Gasteiger partial charge in [-0.15, -0.1) is 0 Å². The molecule has 1 aliphatic carbocycles. The van der Waals surface area contributed by atoms with Crippen LogP contribution in [0.15, 0.2) is 0 Å². The standard InChI is InChI=1S/C12H24N2O/c1-11-9-14(7-2-8-15-11)10-12(3-4-12)5-6-13/h11H,2-10,13H2,1H3. The average molecular weight is 212 g/mol. The summed E-state index contributed by atoms with van der Waals surface area (Å²) in [6.45, 7) is 7.52. The number of hydrogen-bond acceptors (Lipinski definition) is 3. The van der Waals surface area contributed by atoms with Crippen molar-refractivity contribution in [2.75, 3.05) is 32.8 Å². The topological polar surface area (TPSA) is 38.5 Å². The van der Waals surface area contributed by atoms with Gasteiger partial charge in [0.25, 0.3) is 0 Å². The Morgan fingerprint density at radius 2 is 2.27 bits per heavy atom. The molecule has 2 rings (SSSR count). The third-order valence-electron chi connectivity index (χ3n) is 3.73. The highest BCUT2D eigenvalue weighted by Crippen LogP contribution is 2.49. The molecule has 2 N–H and O–H groups in total.